The van der Waals surface area contributed by atoms with Crippen LogP contribution in [0.15, 0.2) is 23.1 Å². The lowest BCUT2D eigenvalue weighted by Crippen LogP contribution is -2.42. The first-order valence-electron chi connectivity index (χ1n) is 7.60. The van der Waals surface area contributed by atoms with Gasteiger partial charge in [-0.3, -0.25) is 4.79 Å². The maximum Gasteiger partial charge on any atom is 0.222 e. The minimum absolute atomic E-state index is 0.119. The molecule has 1 aromatic rings. The lowest BCUT2D eigenvalue weighted by molar-refractivity contribution is -0.127. The van der Waals surface area contributed by atoms with Crippen molar-refractivity contribution in [1.82, 2.24) is 10.2 Å². The zero-order valence-electron chi connectivity index (χ0n) is 12.3. The van der Waals surface area contributed by atoms with Gasteiger partial charge in [-0.05, 0) is 37.1 Å². The van der Waals surface area contributed by atoms with Crippen LogP contribution in [0.3, 0.4) is 0 Å². The van der Waals surface area contributed by atoms with Crippen molar-refractivity contribution >= 4 is 17.7 Å². The molecule has 3 rings (SSSR count). The lowest BCUT2D eigenvalue weighted by atomic mass is 10.0. The SMILES string of the molecule is CC(CN1CCCC1=O)NC1CCSc2c(F)cccc21. The number of benzene rings is 1. The molecule has 0 bridgehead atoms. The van der Waals surface area contributed by atoms with Crippen molar-refractivity contribution in [1.29, 1.82) is 0 Å². The summed E-state index contributed by atoms with van der Waals surface area (Å²) in [4.78, 5) is 14.4. The molecular weight excluding hydrogens is 287 g/mol. The molecule has 3 nitrogen and oxygen atoms in total. The largest absolute Gasteiger partial charge is 0.341 e. The molecule has 0 radical (unpaired) electrons. The molecular formula is C16H21FN2OS. The van der Waals surface area contributed by atoms with E-state index in [-0.39, 0.29) is 23.8 Å². The van der Waals surface area contributed by atoms with Crippen LogP contribution in [0, 0.1) is 5.82 Å². The minimum Gasteiger partial charge on any atom is -0.341 e. The smallest absolute Gasteiger partial charge is 0.222 e. The molecule has 0 spiro atoms. The van der Waals surface area contributed by atoms with E-state index in [1.165, 1.54) is 6.07 Å². The van der Waals surface area contributed by atoms with Crippen LogP contribution < -0.4 is 5.32 Å². The molecule has 1 aromatic carbocycles. The van der Waals surface area contributed by atoms with Crippen molar-refractivity contribution < 1.29 is 9.18 Å². The zero-order chi connectivity index (χ0) is 14.8. The minimum atomic E-state index is -0.119. The molecule has 0 aromatic heterocycles. The van der Waals surface area contributed by atoms with E-state index >= 15 is 0 Å². The van der Waals surface area contributed by atoms with Crippen LogP contribution >= 0.6 is 11.8 Å². The zero-order valence-corrected chi connectivity index (χ0v) is 13.1. The highest BCUT2D eigenvalue weighted by Gasteiger charge is 2.26. The van der Waals surface area contributed by atoms with Crippen LogP contribution in [-0.2, 0) is 4.79 Å². The summed E-state index contributed by atoms with van der Waals surface area (Å²) in [6, 6.07) is 5.72. The van der Waals surface area contributed by atoms with Gasteiger partial charge in [0, 0.05) is 36.5 Å². The topological polar surface area (TPSA) is 32.3 Å². The van der Waals surface area contributed by atoms with Gasteiger partial charge in [0.05, 0.1) is 0 Å². The molecule has 114 valence electrons. The van der Waals surface area contributed by atoms with Gasteiger partial charge in [-0.15, -0.1) is 11.8 Å². The number of carbonyl (C=O) groups excluding carboxylic acids is 1. The number of hydrogen-bond acceptors (Lipinski definition) is 3. The van der Waals surface area contributed by atoms with Crippen LogP contribution in [0.25, 0.3) is 0 Å². The summed E-state index contributed by atoms with van der Waals surface area (Å²) in [6.45, 7) is 3.72. The number of thioether (sulfide) groups is 1. The first-order chi connectivity index (χ1) is 10.1. The lowest BCUT2D eigenvalue weighted by Gasteiger charge is -2.30. The van der Waals surface area contributed by atoms with E-state index in [2.05, 4.69) is 12.2 Å². The van der Waals surface area contributed by atoms with E-state index in [1.807, 2.05) is 11.0 Å². The Morgan fingerprint density at radius 3 is 3.14 bits per heavy atom. The Balaban J connectivity index is 1.66. The van der Waals surface area contributed by atoms with E-state index in [9.17, 15) is 9.18 Å². The maximum atomic E-state index is 13.9. The van der Waals surface area contributed by atoms with Crippen LogP contribution in [-0.4, -0.2) is 35.7 Å². The molecule has 2 aliphatic rings. The van der Waals surface area contributed by atoms with Gasteiger partial charge in [0.1, 0.15) is 5.82 Å². The van der Waals surface area contributed by atoms with Gasteiger partial charge < -0.3 is 10.2 Å². The Hall–Kier alpha value is -1.07. The Kier molecular flexibility index (Phi) is 4.50. The Morgan fingerprint density at radius 2 is 2.38 bits per heavy atom. The summed E-state index contributed by atoms with van der Waals surface area (Å²) < 4.78 is 13.9. The van der Waals surface area contributed by atoms with E-state index in [0.29, 0.717) is 6.42 Å². The second-order valence-electron chi connectivity index (χ2n) is 5.86. The highest BCUT2D eigenvalue weighted by atomic mass is 32.2. The Morgan fingerprint density at radius 1 is 1.52 bits per heavy atom. The summed E-state index contributed by atoms with van der Waals surface area (Å²) >= 11 is 1.60. The summed E-state index contributed by atoms with van der Waals surface area (Å²) in [7, 11) is 0. The first-order valence-corrected chi connectivity index (χ1v) is 8.59. The summed E-state index contributed by atoms with van der Waals surface area (Å²) in [5, 5.41) is 3.58. The van der Waals surface area contributed by atoms with Crippen molar-refractivity contribution in [3.63, 3.8) is 0 Å². The molecule has 21 heavy (non-hydrogen) atoms. The Labute approximate surface area is 129 Å². The summed E-state index contributed by atoms with van der Waals surface area (Å²) in [5.74, 6) is 1.07. The van der Waals surface area contributed by atoms with E-state index in [4.69, 9.17) is 0 Å². The van der Waals surface area contributed by atoms with Crippen LogP contribution in [0.2, 0.25) is 0 Å². The second-order valence-corrected chi connectivity index (χ2v) is 6.96. The number of halogens is 1. The molecule has 2 atom stereocenters. The molecule has 2 unspecified atom stereocenters. The van der Waals surface area contributed by atoms with Crippen molar-refractivity contribution in [3.8, 4) is 0 Å². The van der Waals surface area contributed by atoms with Crippen LogP contribution in [0.5, 0.6) is 0 Å². The first kappa shape index (κ1) is 14.9. The van der Waals surface area contributed by atoms with Gasteiger partial charge in [-0.2, -0.15) is 0 Å². The van der Waals surface area contributed by atoms with Crippen molar-refractivity contribution in [2.75, 3.05) is 18.8 Å². The summed E-state index contributed by atoms with van der Waals surface area (Å²) in [5.41, 5.74) is 1.06. The van der Waals surface area contributed by atoms with Gasteiger partial charge in [-0.25, -0.2) is 4.39 Å². The van der Waals surface area contributed by atoms with E-state index < -0.39 is 0 Å². The fourth-order valence-corrected chi connectivity index (χ4v) is 4.32. The number of likely N-dealkylation sites (tertiary alicyclic amines) is 1. The third kappa shape index (κ3) is 3.24. The van der Waals surface area contributed by atoms with Crippen molar-refractivity contribution in [3.05, 3.63) is 29.6 Å². The number of nitrogens with zero attached hydrogens (tertiary/aromatic N) is 1. The highest BCUT2D eigenvalue weighted by Crippen LogP contribution is 2.37. The predicted molar refractivity (Wildman–Crippen MR) is 82.9 cm³/mol. The highest BCUT2D eigenvalue weighted by molar-refractivity contribution is 7.99. The number of amides is 1. The fraction of sp³-hybridized carbons (Fsp3) is 0.562. The molecule has 2 heterocycles. The summed E-state index contributed by atoms with van der Waals surface area (Å²) in [6.07, 6.45) is 2.65. The molecule has 1 fully saturated rings. The predicted octanol–water partition coefficient (Wildman–Crippen LogP) is 2.96. The van der Waals surface area contributed by atoms with Gasteiger partial charge in [0.25, 0.3) is 0 Å². The molecule has 1 saturated heterocycles. The monoisotopic (exact) mass is 308 g/mol. The number of carbonyl (C=O) groups is 1. The standard InChI is InChI=1S/C16H21FN2OS/c1-11(10-19-8-3-6-15(19)20)18-14-7-9-21-16-12(14)4-2-5-13(16)17/h2,4-5,11,14,18H,3,6-10H2,1H3. The van der Waals surface area contributed by atoms with Crippen molar-refractivity contribution in [2.24, 2.45) is 0 Å². The number of rotatable bonds is 4. The molecule has 5 heteroatoms. The quantitative estimate of drug-likeness (QED) is 0.928. The van der Waals surface area contributed by atoms with Gasteiger partial charge in [-0.1, -0.05) is 12.1 Å². The molecule has 1 N–H and O–H groups in total. The third-order valence-corrected chi connectivity index (χ3v) is 5.34. The molecule has 2 aliphatic heterocycles. The molecule has 1 amide bonds. The average Bonchev–Trinajstić information content (AvgIpc) is 2.85. The van der Waals surface area contributed by atoms with Crippen LogP contribution in [0.4, 0.5) is 4.39 Å². The number of nitrogens with one attached hydrogen (secondary N) is 1. The fourth-order valence-electron chi connectivity index (χ4n) is 3.18. The Bertz CT molecular complexity index is 537. The van der Waals surface area contributed by atoms with E-state index in [0.717, 1.165) is 42.1 Å². The normalized spacial score (nSPS) is 23.2. The van der Waals surface area contributed by atoms with Gasteiger partial charge in [0.15, 0.2) is 0 Å². The van der Waals surface area contributed by atoms with Gasteiger partial charge >= 0.3 is 0 Å². The molecule has 0 aliphatic carbocycles. The van der Waals surface area contributed by atoms with Gasteiger partial charge in [0.2, 0.25) is 5.91 Å². The maximum absolute atomic E-state index is 13.9. The van der Waals surface area contributed by atoms with Crippen LogP contribution in [0.1, 0.15) is 37.8 Å². The number of hydrogen-bond donors (Lipinski definition) is 1. The average molecular weight is 308 g/mol. The second kappa shape index (κ2) is 6.36. The molecule has 0 saturated carbocycles. The van der Waals surface area contributed by atoms with E-state index in [1.54, 1.807) is 17.8 Å². The van der Waals surface area contributed by atoms with Crippen molar-refractivity contribution in [2.45, 2.75) is 43.2 Å². The third-order valence-electron chi connectivity index (χ3n) is 4.18. The number of fused-ring (bicyclic) bond motifs is 1.